The molecule has 0 saturated carbocycles. The predicted octanol–water partition coefficient (Wildman–Crippen LogP) is 1.86. The predicted molar refractivity (Wildman–Crippen MR) is 154 cm³/mol. The van der Waals surface area contributed by atoms with E-state index >= 15 is 0 Å². The van der Waals surface area contributed by atoms with Crippen LogP contribution in [0, 0.1) is 12.3 Å². The lowest BCUT2D eigenvalue weighted by Gasteiger charge is -2.35. The zero-order chi connectivity index (χ0) is 29.4. The highest BCUT2D eigenvalue weighted by atomic mass is 32.2. The molecule has 41 heavy (non-hydrogen) atoms. The zero-order valence-electron chi connectivity index (χ0n) is 23.4. The van der Waals surface area contributed by atoms with Crippen molar-refractivity contribution in [2.24, 2.45) is 0 Å². The van der Waals surface area contributed by atoms with Crippen LogP contribution >= 0.6 is 0 Å². The molecular formula is C30H37N3O7S. The molecule has 220 valence electrons. The van der Waals surface area contributed by atoms with Crippen LogP contribution < -0.4 is 4.74 Å². The second kappa shape index (κ2) is 14.0. The summed E-state index contributed by atoms with van der Waals surface area (Å²) in [6, 6.07) is 13.6. The molecule has 1 saturated heterocycles. The number of sulfonamides is 1. The first-order chi connectivity index (χ1) is 19.7. The minimum absolute atomic E-state index is 0.00121. The third-order valence-electron chi connectivity index (χ3n) is 7.26. The molecule has 10 nitrogen and oxygen atoms in total. The Morgan fingerprint density at radius 1 is 1.10 bits per heavy atom. The summed E-state index contributed by atoms with van der Waals surface area (Å²) in [5, 5.41) is 9.55. The lowest BCUT2D eigenvalue weighted by Crippen LogP contribution is -2.48. The molecule has 2 aliphatic heterocycles. The summed E-state index contributed by atoms with van der Waals surface area (Å²) in [6.07, 6.45) is 7.00. The van der Waals surface area contributed by atoms with E-state index in [0.29, 0.717) is 25.3 Å². The normalized spacial score (nSPS) is 19.8. The SMILES string of the molecule is C#Cc1ccc([C@@H]2C=C(C(=O)N3CCN(C)CC3)O[C@H](OCCN(CCO)S(=O)(=O)c3ccc(OC)cc3)C2)cc1. The van der Waals surface area contributed by atoms with E-state index in [-0.39, 0.29) is 48.8 Å². The Kier molecular flexibility index (Phi) is 10.4. The first-order valence-electron chi connectivity index (χ1n) is 13.5. The fourth-order valence-corrected chi connectivity index (χ4v) is 6.20. The van der Waals surface area contributed by atoms with Crippen molar-refractivity contribution in [2.75, 3.05) is 66.6 Å². The van der Waals surface area contributed by atoms with Gasteiger partial charge in [-0.05, 0) is 55.1 Å². The fraction of sp³-hybridized carbons (Fsp3) is 0.433. The van der Waals surface area contributed by atoms with Crippen LogP contribution in [0.15, 0.2) is 65.3 Å². The number of carbonyl (C=O) groups is 1. The van der Waals surface area contributed by atoms with Gasteiger partial charge in [-0.2, -0.15) is 4.31 Å². The molecule has 1 amide bonds. The van der Waals surface area contributed by atoms with Crippen LogP contribution in [0.3, 0.4) is 0 Å². The number of aliphatic hydroxyl groups is 1. The van der Waals surface area contributed by atoms with Gasteiger partial charge in [0.15, 0.2) is 5.76 Å². The summed E-state index contributed by atoms with van der Waals surface area (Å²) in [5.41, 5.74) is 1.72. The number of allylic oxidation sites excluding steroid dienone is 1. The highest BCUT2D eigenvalue weighted by Crippen LogP contribution is 2.32. The molecule has 1 N–H and O–H groups in total. The average Bonchev–Trinajstić information content (AvgIpc) is 3.00. The minimum Gasteiger partial charge on any atom is -0.497 e. The quantitative estimate of drug-likeness (QED) is 0.400. The summed E-state index contributed by atoms with van der Waals surface area (Å²) in [5.74, 6) is 3.01. The van der Waals surface area contributed by atoms with Gasteiger partial charge in [-0.1, -0.05) is 18.1 Å². The molecule has 0 aliphatic carbocycles. The van der Waals surface area contributed by atoms with E-state index < -0.39 is 16.3 Å². The van der Waals surface area contributed by atoms with Crippen molar-refractivity contribution < 1.29 is 32.5 Å². The number of hydrogen-bond donors (Lipinski definition) is 1. The number of benzene rings is 2. The lowest BCUT2D eigenvalue weighted by molar-refractivity contribution is -0.153. The second-order valence-electron chi connectivity index (χ2n) is 9.96. The summed E-state index contributed by atoms with van der Waals surface area (Å²) in [4.78, 5) is 17.4. The number of methoxy groups -OCH3 is 1. The average molecular weight is 584 g/mol. The molecule has 2 heterocycles. The first kappa shape index (κ1) is 30.6. The fourth-order valence-electron chi connectivity index (χ4n) is 4.78. The Hall–Kier alpha value is -3.40. The number of carbonyl (C=O) groups excluding carboxylic acids is 1. The molecule has 4 rings (SSSR count). The number of ether oxygens (including phenoxy) is 3. The van der Waals surface area contributed by atoms with Gasteiger partial charge in [-0.25, -0.2) is 8.42 Å². The highest BCUT2D eigenvalue weighted by molar-refractivity contribution is 7.89. The summed E-state index contributed by atoms with van der Waals surface area (Å²) < 4.78 is 44.8. The molecule has 2 atom stereocenters. The van der Waals surface area contributed by atoms with Gasteiger partial charge in [0.05, 0.1) is 25.2 Å². The summed E-state index contributed by atoms with van der Waals surface area (Å²) >= 11 is 0. The number of rotatable bonds is 11. The van der Waals surface area contributed by atoms with Crippen molar-refractivity contribution >= 4 is 15.9 Å². The van der Waals surface area contributed by atoms with Crippen LogP contribution in [0.5, 0.6) is 5.75 Å². The van der Waals surface area contributed by atoms with Crippen molar-refractivity contribution in [1.29, 1.82) is 0 Å². The van der Waals surface area contributed by atoms with Gasteiger partial charge in [0.2, 0.25) is 16.3 Å². The van der Waals surface area contributed by atoms with E-state index in [1.165, 1.54) is 23.5 Å². The van der Waals surface area contributed by atoms with Crippen molar-refractivity contribution in [3.63, 3.8) is 0 Å². The monoisotopic (exact) mass is 583 g/mol. The van der Waals surface area contributed by atoms with Crippen LogP contribution in [0.2, 0.25) is 0 Å². The number of amides is 1. The topological polar surface area (TPSA) is 109 Å². The highest BCUT2D eigenvalue weighted by Gasteiger charge is 2.32. The summed E-state index contributed by atoms with van der Waals surface area (Å²) in [6.45, 7) is 2.29. The van der Waals surface area contributed by atoms with E-state index in [1.54, 1.807) is 17.0 Å². The zero-order valence-corrected chi connectivity index (χ0v) is 24.3. The standard InChI is InChI=1S/C30H37N3O7S/c1-4-23-5-7-24(8-6-23)25-21-28(30(35)32-15-13-31(2)14-16-32)40-29(22-25)39-20-18-33(17-19-34)41(36,37)27-11-9-26(38-3)10-12-27/h1,5-12,21,25,29,34H,13-20,22H2,2-3H3/t25-,29+/m1/s1. The molecule has 0 unspecified atom stereocenters. The van der Waals surface area contributed by atoms with Gasteiger partial charge in [0.25, 0.3) is 5.91 Å². The summed E-state index contributed by atoms with van der Waals surface area (Å²) in [7, 11) is -0.367. The molecule has 0 bridgehead atoms. The van der Waals surface area contributed by atoms with Gasteiger partial charge in [-0.3, -0.25) is 4.79 Å². The van der Waals surface area contributed by atoms with Gasteiger partial charge < -0.3 is 29.1 Å². The third-order valence-corrected chi connectivity index (χ3v) is 9.17. The molecule has 1 fully saturated rings. The van der Waals surface area contributed by atoms with Crippen molar-refractivity contribution in [3.05, 3.63) is 71.5 Å². The Morgan fingerprint density at radius 3 is 2.39 bits per heavy atom. The van der Waals surface area contributed by atoms with Crippen molar-refractivity contribution in [1.82, 2.24) is 14.1 Å². The number of aliphatic hydroxyl groups excluding tert-OH is 1. The molecule has 0 aromatic heterocycles. The number of nitrogens with zero attached hydrogens (tertiary/aromatic N) is 3. The molecule has 2 aromatic rings. The van der Waals surface area contributed by atoms with Crippen LogP contribution in [-0.2, 0) is 24.3 Å². The molecule has 0 spiro atoms. The van der Waals surface area contributed by atoms with Crippen molar-refractivity contribution in [3.8, 4) is 18.1 Å². The first-order valence-corrected chi connectivity index (χ1v) is 15.0. The number of piperazine rings is 1. The smallest absolute Gasteiger partial charge is 0.288 e. The van der Waals surface area contributed by atoms with Gasteiger partial charge in [0, 0.05) is 57.2 Å². The third kappa shape index (κ3) is 7.67. The molecule has 2 aliphatic rings. The second-order valence-corrected chi connectivity index (χ2v) is 11.9. The maximum atomic E-state index is 13.4. The molecule has 11 heteroatoms. The Morgan fingerprint density at radius 2 is 1.78 bits per heavy atom. The van der Waals surface area contributed by atoms with Gasteiger partial charge in [-0.15, -0.1) is 6.42 Å². The largest absolute Gasteiger partial charge is 0.497 e. The van der Waals surface area contributed by atoms with Crippen LogP contribution in [0.4, 0.5) is 0 Å². The Bertz CT molecular complexity index is 1350. The van der Waals surface area contributed by atoms with Gasteiger partial charge in [0.1, 0.15) is 5.75 Å². The van der Waals surface area contributed by atoms with E-state index in [0.717, 1.165) is 24.2 Å². The van der Waals surface area contributed by atoms with E-state index in [2.05, 4.69) is 10.8 Å². The Balaban J connectivity index is 1.47. The van der Waals surface area contributed by atoms with E-state index in [1.807, 2.05) is 37.4 Å². The van der Waals surface area contributed by atoms with Crippen LogP contribution in [0.25, 0.3) is 0 Å². The number of terminal acetylenes is 1. The van der Waals surface area contributed by atoms with E-state index in [4.69, 9.17) is 20.6 Å². The van der Waals surface area contributed by atoms with E-state index in [9.17, 15) is 18.3 Å². The van der Waals surface area contributed by atoms with Crippen LogP contribution in [-0.4, -0.2) is 106 Å². The van der Waals surface area contributed by atoms with Gasteiger partial charge >= 0.3 is 0 Å². The molecule has 2 aromatic carbocycles. The Labute approximate surface area is 242 Å². The number of hydrogen-bond acceptors (Lipinski definition) is 8. The minimum atomic E-state index is -3.89. The maximum absolute atomic E-state index is 13.4. The number of likely N-dealkylation sites (N-methyl/N-ethyl adjacent to an activating group) is 1. The van der Waals surface area contributed by atoms with Crippen LogP contribution in [0.1, 0.15) is 23.5 Å². The lowest BCUT2D eigenvalue weighted by atomic mass is 9.92. The van der Waals surface area contributed by atoms with Crippen molar-refractivity contribution in [2.45, 2.75) is 23.5 Å². The maximum Gasteiger partial charge on any atom is 0.288 e. The molecular weight excluding hydrogens is 546 g/mol. The molecule has 0 radical (unpaired) electrons.